The molecule has 1 fully saturated rings. The lowest BCUT2D eigenvalue weighted by Gasteiger charge is -2.28. The van der Waals surface area contributed by atoms with Gasteiger partial charge in [0.15, 0.2) is 5.78 Å². The second-order valence-electron chi connectivity index (χ2n) is 7.94. The van der Waals surface area contributed by atoms with Crippen LogP contribution >= 0.6 is 0 Å². The van der Waals surface area contributed by atoms with Crippen LogP contribution in [0.1, 0.15) is 18.1 Å². The van der Waals surface area contributed by atoms with Crippen molar-refractivity contribution in [2.24, 2.45) is 0 Å². The third-order valence-corrected chi connectivity index (χ3v) is 5.32. The summed E-state index contributed by atoms with van der Waals surface area (Å²) < 4.78 is 0. The van der Waals surface area contributed by atoms with E-state index >= 15 is 0 Å². The first kappa shape index (κ1) is 20.9. The van der Waals surface area contributed by atoms with Gasteiger partial charge in [0.2, 0.25) is 0 Å². The summed E-state index contributed by atoms with van der Waals surface area (Å²) in [5, 5.41) is 0. The summed E-state index contributed by atoms with van der Waals surface area (Å²) in [6, 6.07) is 16.6. The Morgan fingerprint density at radius 2 is 1.14 bits per heavy atom. The fourth-order valence-corrected chi connectivity index (χ4v) is 3.47. The molecule has 0 aromatic heterocycles. The maximum Gasteiger partial charge on any atom is 0.187 e. The second kappa shape index (κ2) is 9.10. The number of piperidine rings is 1. The molecule has 1 heterocycles. The van der Waals surface area contributed by atoms with Gasteiger partial charge in [0.1, 0.15) is 0 Å². The summed E-state index contributed by atoms with van der Waals surface area (Å²) in [5.74, 6) is 0.156. The SMILES string of the molecule is CCN1C/C(=C/c2ccc(N(C)C)cc2)C(=O)/C(=C/c2ccc(N(C)C)cc2)C1. The molecular weight excluding hydrogens is 358 g/mol. The van der Waals surface area contributed by atoms with Crippen LogP contribution in [-0.2, 0) is 4.79 Å². The van der Waals surface area contributed by atoms with Gasteiger partial charge in [0.25, 0.3) is 0 Å². The van der Waals surface area contributed by atoms with Crippen LogP contribution in [0.4, 0.5) is 11.4 Å². The van der Waals surface area contributed by atoms with E-state index in [9.17, 15) is 4.79 Å². The van der Waals surface area contributed by atoms with Gasteiger partial charge in [0, 0.05) is 63.8 Å². The van der Waals surface area contributed by atoms with Gasteiger partial charge in [-0.2, -0.15) is 0 Å². The number of Topliss-reactive ketones (excluding diaryl/α,β-unsaturated/α-hetero) is 1. The highest BCUT2D eigenvalue weighted by atomic mass is 16.1. The molecule has 0 amide bonds. The minimum atomic E-state index is 0.156. The zero-order valence-corrected chi connectivity index (χ0v) is 18.1. The van der Waals surface area contributed by atoms with Crippen LogP contribution in [-0.4, -0.2) is 58.5 Å². The lowest BCUT2D eigenvalue weighted by Crippen LogP contribution is -2.37. The predicted molar refractivity (Wildman–Crippen MR) is 125 cm³/mol. The Balaban J connectivity index is 1.88. The Kier molecular flexibility index (Phi) is 6.55. The number of likely N-dealkylation sites (N-methyl/N-ethyl adjacent to an activating group) is 1. The third kappa shape index (κ3) is 5.15. The zero-order chi connectivity index (χ0) is 21.0. The highest BCUT2D eigenvalue weighted by molar-refractivity contribution is 6.14. The molecule has 4 heteroatoms. The molecule has 2 aromatic rings. The lowest BCUT2D eigenvalue weighted by molar-refractivity contribution is -0.113. The Hall–Kier alpha value is -2.85. The molecule has 4 nitrogen and oxygen atoms in total. The van der Waals surface area contributed by atoms with Crippen molar-refractivity contribution in [1.29, 1.82) is 0 Å². The highest BCUT2D eigenvalue weighted by Crippen LogP contribution is 2.23. The molecule has 0 saturated carbocycles. The van der Waals surface area contributed by atoms with Crippen LogP contribution < -0.4 is 9.80 Å². The Bertz CT molecular complexity index is 833. The molecular formula is C25H31N3O. The Labute approximate surface area is 174 Å². The fourth-order valence-electron chi connectivity index (χ4n) is 3.47. The quantitative estimate of drug-likeness (QED) is 0.717. The van der Waals surface area contributed by atoms with Crippen molar-refractivity contribution in [3.63, 3.8) is 0 Å². The third-order valence-electron chi connectivity index (χ3n) is 5.32. The van der Waals surface area contributed by atoms with E-state index in [0.717, 1.165) is 40.2 Å². The first-order valence-electron chi connectivity index (χ1n) is 10.1. The van der Waals surface area contributed by atoms with Gasteiger partial charge in [0.05, 0.1) is 0 Å². The van der Waals surface area contributed by atoms with Gasteiger partial charge in [-0.1, -0.05) is 31.2 Å². The largest absolute Gasteiger partial charge is 0.378 e. The van der Waals surface area contributed by atoms with Crippen LogP contribution in [0.2, 0.25) is 0 Å². The predicted octanol–water partition coefficient (Wildman–Crippen LogP) is 4.19. The van der Waals surface area contributed by atoms with Crippen molar-refractivity contribution in [2.45, 2.75) is 6.92 Å². The van der Waals surface area contributed by atoms with Gasteiger partial charge >= 0.3 is 0 Å². The maximum absolute atomic E-state index is 13.2. The topological polar surface area (TPSA) is 26.8 Å². The number of hydrogen-bond acceptors (Lipinski definition) is 4. The first-order chi connectivity index (χ1) is 13.9. The molecule has 0 bridgehead atoms. The van der Waals surface area contributed by atoms with E-state index in [0.29, 0.717) is 13.1 Å². The van der Waals surface area contributed by atoms with Crippen molar-refractivity contribution in [2.75, 3.05) is 57.6 Å². The number of nitrogens with zero attached hydrogens (tertiary/aromatic N) is 3. The number of benzene rings is 2. The average molecular weight is 390 g/mol. The molecule has 0 N–H and O–H groups in total. The van der Waals surface area contributed by atoms with E-state index in [1.54, 1.807) is 0 Å². The molecule has 1 saturated heterocycles. The fraction of sp³-hybridized carbons (Fsp3) is 0.320. The molecule has 0 unspecified atom stereocenters. The summed E-state index contributed by atoms with van der Waals surface area (Å²) in [7, 11) is 8.11. The van der Waals surface area contributed by atoms with E-state index < -0.39 is 0 Å². The number of carbonyl (C=O) groups is 1. The highest BCUT2D eigenvalue weighted by Gasteiger charge is 2.25. The number of anilines is 2. The molecule has 29 heavy (non-hydrogen) atoms. The zero-order valence-electron chi connectivity index (χ0n) is 18.1. The Morgan fingerprint density at radius 3 is 1.45 bits per heavy atom. The van der Waals surface area contributed by atoms with Crippen molar-refractivity contribution in [1.82, 2.24) is 4.90 Å². The van der Waals surface area contributed by atoms with Crippen molar-refractivity contribution in [3.8, 4) is 0 Å². The standard InChI is InChI=1S/C25H31N3O/c1-6-28-17-21(15-19-7-11-23(12-8-19)26(2)3)25(29)22(18-28)16-20-9-13-24(14-10-20)27(4)5/h7-16H,6,17-18H2,1-5H3/b21-15-,22-16+. The molecule has 0 spiro atoms. The van der Waals surface area contributed by atoms with E-state index in [2.05, 4.69) is 70.2 Å². The second-order valence-corrected chi connectivity index (χ2v) is 7.94. The van der Waals surface area contributed by atoms with Crippen molar-refractivity contribution < 1.29 is 4.79 Å². The van der Waals surface area contributed by atoms with Gasteiger partial charge < -0.3 is 9.80 Å². The summed E-state index contributed by atoms with van der Waals surface area (Å²) in [4.78, 5) is 19.6. The monoisotopic (exact) mass is 389 g/mol. The maximum atomic E-state index is 13.2. The van der Waals surface area contributed by atoms with Gasteiger partial charge in [-0.3, -0.25) is 9.69 Å². The van der Waals surface area contributed by atoms with E-state index in [1.165, 1.54) is 0 Å². The molecule has 1 aliphatic rings. The van der Waals surface area contributed by atoms with E-state index in [1.807, 2.05) is 40.3 Å². The minimum Gasteiger partial charge on any atom is -0.378 e. The van der Waals surface area contributed by atoms with Crippen LogP contribution in [0.15, 0.2) is 59.7 Å². The molecule has 1 aliphatic heterocycles. The first-order valence-corrected chi connectivity index (χ1v) is 10.1. The van der Waals surface area contributed by atoms with E-state index in [4.69, 9.17) is 0 Å². The number of rotatable bonds is 5. The minimum absolute atomic E-state index is 0.156. The number of ketones is 1. The molecule has 0 radical (unpaired) electrons. The number of likely N-dealkylation sites (tertiary alicyclic amines) is 1. The summed E-state index contributed by atoms with van der Waals surface area (Å²) in [6.45, 7) is 4.45. The van der Waals surface area contributed by atoms with Crippen LogP contribution in [0, 0.1) is 0 Å². The normalized spacial score (nSPS) is 17.8. The Morgan fingerprint density at radius 1 is 0.759 bits per heavy atom. The summed E-state index contributed by atoms with van der Waals surface area (Å²) in [5.41, 5.74) is 6.13. The van der Waals surface area contributed by atoms with E-state index in [-0.39, 0.29) is 5.78 Å². The van der Waals surface area contributed by atoms with Gasteiger partial charge in [-0.05, 0) is 54.1 Å². The summed E-state index contributed by atoms with van der Waals surface area (Å²) >= 11 is 0. The lowest BCUT2D eigenvalue weighted by atomic mass is 9.94. The molecule has 152 valence electrons. The number of hydrogen-bond donors (Lipinski definition) is 0. The molecule has 2 aromatic carbocycles. The van der Waals surface area contributed by atoms with Crippen LogP contribution in [0.3, 0.4) is 0 Å². The average Bonchev–Trinajstić information content (AvgIpc) is 2.71. The molecule has 0 aliphatic carbocycles. The van der Waals surface area contributed by atoms with Crippen molar-refractivity contribution in [3.05, 3.63) is 70.8 Å². The number of carbonyl (C=O) groups excluding carboxylic acids is 1. The molecule has 0 atom stereocenters. The molecule has 3 rings (SSSR count). The smallest absolute Gasteiger partial charge is 0.187 e. The van der Waals surface area contributed by atoms with Crippen molar-refractivity contribution >= 4 is 29.3 Å². The van der Waals surface area contributed by atoms with Gasteiger partial charge in [-0.15, -0.1) is 0 Å². The van der Waals surface area contributed by atoms with Crippen LogP contribution in [0.25, 0.3) is 12.2 Å². The summed E-state index contributed by atoms with van der Waals surface area (Å²) in [6.07, 6.45) is 4.07. The van der Waals surface area contributed by atoms with Gasteiger partial charge in [-0.25, -0.2) is 0 Å². The van der Waals surface area contributed by atoms with Crippen LogP contribution in [0.5, 0.6) is 0 Å².